The van der Waals surface area contributed by atoms with Crippen LogP contribution in [0.5, 0.6) is 0 Å². The standard InChI is InChI=1S/C20H25ClN6O/c1-2-22-20(24-13-18(28)25-15-7-4-3-5-8-15)26-16-10-12-27(14-16)19-17(21)9-6-11-23-19/h3-9,11,16H,2,10,12-14H2,1H3,(H,25,28)(H2,22,24,26). The number of aliphatic imine (C=N–C) groups is 1. The number of hydrogen-bond donors (Lipinski definition) is 3. The van der Waals surface area contributed by atoms with Crippen LogP contribution in [0, 0.1) is 0 Å². The number of guanidine groups is 1. The van der Waals surface area contributed by atoms with Gasteiger partial charge in [-0.05, 0) is 37.6 Å². The third-order valence-electron chi connectivity index (χ3n) is 4.35. The molecule has 0 bridgehead atoms. The summed E-state index contributed by atoms with van der Waals surface area (Å²) >= 11 is 6.25. The summed E-state index contributed by atoms with van der Waals surface area (Å²) in [6, 6.07) is 13.2. The number of nitrogens with zero attached hydrogens (tertiary/aromatic N) is 3. The van der Waals surface area contributed by atoms with Gasteiger partial charge < -0.3 is 20.9 Å². The number of anilines is 2. The summed E-state index contributed by atoms with van der Waals surface area (Å²) in [5.74, 6) is 1.28. The summed E-state index contributed by atoms with van der Waals surface area (Å²) in [6.45, 7) is 4.40. The molecule has 1 amide bonds. The predicted molar refractivity (Wildman–Crippen MR) is 114 cm³/mol. The monoisotopic (exact) mass is 400 g/mol. The molecule has 1 aromatic heterocycles. The number of halogens is 1. The Bertz CT molecular complexity index is 813. The first-order chi connectivity index (χ1) is 13.7. The van der Waals surface area contributed by atoms with Gasteiger partial charge in [0.25, 0.3) is 0 Å². The van der Waals surface area contributed by atoms with Crippen molar-refractivity contribution in [1.82, 2.24) is 15.6 Å². The number of amides is 1. The lowest BCUT2D eigenvalue weighted by molar-refractivity contribution is -0.114. The molecular formula is C20H25ClN6O. The summed E-state index contributed by atoms with van der Waals surface area (Å²) in [5, 5.41) is 10.1. The maximum Gasteiger partial charge on any atom is 0.246 e. The van der Waals surface area contributed by atoms with Crippen LogP contribution in [0.1, 0.15) is 13.3 Å². The Morgan fingerprint density at radius 3 is 2.86 bits per heavy atom. The van der Waals surface area contributed by atoms with E-state index in [-0.39, 0.29) is 18.5 Å². The molecule has 2 aromatic rings. The van der Waals surface area contributed by atoms with Crippen LogP contribution >= 0.6 is 11.6 Å². The van der Waals surface area contributed by atoms with Gasteiger partial charge in [-0.2, -0.15) is 0 Å². The molecule has 1 aromatic carbocycles. The van der Waals surface area contributed by atoms with Crippen molar-refractivity contribution in [2.24, 2.45) is 4.99 Å². The van der Waals surface area contributed by atoms with E-state index in [2.05, 4.69) is 30.8 Å². The minimum absolute atomic E-state index is 0.0483. The lowest BCUT2D eigenvalue weighted by atomic mass is 10.3. The Balaban J connectivity index is 1.55. The Kier molecular flexibility index (Phi) is 7.08. The first-order valence-electron chi connectivity index (χ1n) is 9.41. The molecule has 2 heterocycles. The molecule has 28 heavy (non-hydrogen) atoms. The van der Waals surface area contributed by atoms with Crippen LogP contribution in [0.25, 0.3) is 0 Å². The smallest absolute Gasteiger partial charge is 0.246 e. The van der Waals surface area contributed by atoms with Crippen molar-refractivity contribution >= 4 is 35.0 Å². The quantitative estimate of drug-likeness (QED) is 0.512. The molecule has 3 rings (SSSR count). The molecule has 1 aliphatic rings. The second-order valence-electron chi connectivity index (χ2n) is 6.49. The van der Waals surface area contributed by atoms with Gasteiger partial charge >= 0.3 is 0 Å². The first-order valence-corrected chi connectivity index (χ1v) is 9.78. The number of carbonyl (C=O) groups excluding carboxylic acids is 1. The Hall–Kier alpha value is -2.80. The number of aromatic nitrogens is 1. The summed E-state index contributed by atoms with van der Waals surface area (Å²) < 4.78 is 0. The number of para-hydroxylation sites is 1. The third kappa shape index (κ3) is 5.60. The molecule has 1 atom stereocenters. The highest BCUT2D eigenvalue weighted by Crippen LogP contribution is 2.25. The topological polar surface area (TPSA) is 81.6 Å². The van der Waals surface area contributed by atoms with Crippen LogP contribution < -0.4 is 20.9 Å². The van der Waals surface area contributed by atoms with Crippen LogP contribution in [-0.2, 0) is 4.79 Å². The summed E-state index contributed by atoms with van der Waals surface area (Å²) in [5.41, 5.74) is 0.763. The molecule has 1 unspecified atom stereocenters. The zero-order valence-electron chi connectivity index (χ0n) is 15.9. The van der Waals surface area contributed by atoms with Crippen molar-refractivity contribution in [3.63, 3.8) is 0 Å². The predicted octanol–water partition coefficient (Wildman–Crippen LogP) is 2.51. The Morgan fingerprint density at radius 1 is 1.29 bits per heavy atom. The number of benzene rings is 1. The molecule has 0 radical (unpaired) electrons. The fraction of sp³-hybridized carbons (Fsp3) is 0.350. The van der Waals surface area contributed by atoms with Gasteiger partial charge in [0, 0.05) is 37.6 Å². The van der Waals surface area contributed by atoms with Crippen molar-refractivity contribution < 1.29 is 4.79 Å². The Morgan fingerprint density at radius 2 is 2.11 bits per heavy atom. The molecule has 1 aliphatic heterocycles. The molecule has 1 fully saturated rings. The van der Waals surface area contributed by atoms with E-state index in [4.69, 9.17) is 11.6 Å². The van der Waals surface area contributed by atoms with Crippen LogP contribution in [0.2, 0.25) is 5.02 Å². The number of hydrogen-bond acceptors (Lipinski definition) is 4. The van der Waals surface area contributed by atoms with E-state index in [0.717, 1.165) is 31.0 Å². The molecular weight excluding hydrogens is 376 g/mol. The Labute approximate surface area is 170 Å². The number of pyridine rings is 1. The average molecular weight is 401 g/mol. The molecule has 1 saturated heterocycles. The summed E-state index contributed by atoms with van der Waals surface area (Å²) in [4.78, 5) is 23.1. The maximum absolute atomic E-state index is 12.1. The highest BCUT2D eigenvalue weighted by atomic mass is 35.5. The summed E-state index contributed by atoms with van der Waals surface area (Å²) in [6.07, 6.45) is 2.69. The van der Waals surface area contributed by atoms with Crippen LogP contribution in [-0.4, -0.2) is 49.1 Å². The van der Waals surface area contributed by atoms with E-state index in [1.54, 1.807) is 6.20 Å². The van der Waals surface area contributed by atoms with E-state index in [0.29, 0.717) is 17.5 Å². The van der Waals surface area contributed by atoms with Crippen molar-refractivity contribution in [2.75, 3.05) is 36.4 Å². The highest BCUT2D eigenvalue weighted by Gasteiger charge is 2.25. The maximum atomic E-state index is 12.1. The second kappa shape index (κ2) is 9.94. The lowest BCUT2D eigenvalue weighted by Crippen LogP contribution is -2.45. The van der Waals surface area contributed by atoms with Crippen molar-refractivity contribution in [2.45, 2.75) is 19.4 Å². The molecule has 148 valence electrons. The SMILES string of the molecule is CCNC(=NCC(=O)Nc1ccccc1)NC1CCN(c2ncccc2Cl)C1. The van der Waals surface area contributed by atoms with Gasteiger partial charge in [0.05, 0.1) is 5.02 Å². The van der Waals surface area contributed by atoms with Crippen LogP contribution in [0.15, 0.2) is 53.7 Å². The van der Waals surface area contributed by atoms with Gasteiger partial charge in [0.15, 0.2) is 5.96 Å². The number of carbonyl (C=O) groups is 1. The average Bonchev–Trinajstić information content (AvgIpc) is 3.16. The first kappa shape index (κ1) is 19.9. The molecule has 7 nitrogen and oxygen atoms in total. The number of rotatable bonds is 6. The molecule has 8 heteroatoms. The second-order valence-corrected chi connectivity index (χ2v) is 6.90. The minimum atomic E-state index is -0.156. The van der Waals surface area contributed by atoms with E-state index in [1.165, 1.54) is 0 Å². The van der Waals surface area contributed by atoms with E-state index < -0.39 is 0 Å². The van der Waals surface area contributed by atoms with Crippen molar-refractivity contribution in [1.29, 1.82) is 0 Å². The molecule has 0 saturated carbocycles. The largest absolute Gasteiger partial charge is 0.357 e. The van der Waals surface area contributed by atoms with Crippen molar-refractivity contribution in [3.8, 4) is 0 Å². The van der Waals surface area contributed by atoms with Gasteiger partial charge in [-0.3, -0.25) is 4.79 Å². The zero-order valence-corrected chi connectivity index (χ0v) is 16.6. The normalized spacial score (nSPS) is 16.7. The van der Waals surface area contributed by atoms with Gasteiger partial charge in [-0.15, -0.1) is 0 Å². The van der Waals surface area contributed by atoms with E-state index in [1.807, 2.05) is 49.4 Å². The molecule has 0 aliphatic carbocycles. The zero-order chi connectivity index (χ0) is 19.8. The lowest BCUT2D eigenvalue weighted by Gasteiger charge is -2.20. The van der Waals surface area contributed by atoms with Crippen molar-refractivity contribution in [3.05, 3.63) is 53.7 Å². The van der Waals surface area contributed by atoms with Crippen LogP contribution in [0.3, 0.4) is 0 Å². The summed E-state index contributed by atoms with van der Waals surface area (Å²) in [7, 11) is 0. The van der Waals surface area contributed by atoms with Crippen LogP contribution in [0.4, 0.5) is 11.5 Å². The van der Waals surface area contributed by atoms with Gasteiger partial charge in [-0.25, -0.2) is 9.98 Å². The number of nitrogens with one attached hydrogen (secondary N) is 3. The van der Waals surface area contributed by atoms with Gasteiger partial charge in [-0.1, -0.05) is 29.8 Å². The van der Waals surface area contributed by atoms with E-state index >= 15 is 0 Å². The minimum Gasteiger partial charge on any atom is -0.357 e. The fourth-order valence-corrected chi connectivity index (χ4v) is 3.31. The molecule has 0 spiro atoms. The van der Waals surface area contributed by atoms with Gasteiger partial charge in [0.1, 0.15) is 12.4 Å². The third-order valence-corrected chi connectivity index (χ3v) is 4.65. The highest BCUT2D eigenvalue weighted by molar-refractivity contribution is 6.32. The molecule has 3 N–H and O–H groups in total. The van der Waals surface area contributed by atoms with Gasteiger partial charge in [0.2, 0.25) is 5.91 Å². The fourth-order valence-electron chi connectivity index (χ4n) is 3.07. The van der Waals surface area contributed by atoms with E-state index in [9.17, 15) is 4.79 Å².